The molecule has 0 saturated heterocycles. The lowest BCUT2D eigenvalue weighted by Crippen LogP contribution is -2.27. The van der Waals surface area contributed by atoms with Crippen LogP contribution in [0.5, 0.6) is 5.75 Å². The van der Waals surface area contributed by atoms with E-state index in [1.165, 1.54) is 12.0 Å². The summed E-state index contributed by atoms with van der Waals surface area (Å²) in [5, 5.41) is 17.3. The average molecular weight is 477 g/mol. The Kier molecular flexibility index (Phi) is 8.66. The number of ether oxygens (including phenoxy) is 1. The molecule has 2 aromatic carbocycles. The number of hydrogen-bond donors (Lipinski definition) is 4. The minimum atomic E-state index is -0.931. The van der Waals surface area contributed by atoms with Gasteiger partial charge in [0.1, 0.15) is 12.3 Å². The van der Waals surface area contributed by atoms with Crippen LogP contribution in [0.3, 0.4) is 0 Å². The summed E-state index contributed by atoms with van der Waals surface area (Å²) in [6.45, 7) is 2.07. The van der Waals surface area contributed by atoms with Gasteiger partial charge in [-0.3, -0.25) is 9.59 Å². The van der Waals surface area contributed by atoms with Crippen molar-refractivity contribution in [2.45, 2.75) is 13.3 Å². The van der Waals surface area contributed by atoms with Gasteiger partial charge in [0.25, 0.3) is 0 Å². The summed E-state index contributed by atoms with van der Waals surface area (Å²) in [5.74, 6) is -0.678. The first-order chi connectivity index (χ1) is 16.8. The number of carbonyl (C=O) groups is 3. The normalized spacial score (nSPS) is 12.4. The highest BCUT2D eigenvalue weighted by Crippen LogP contribution is 2.26. The van der Waals surface area contributed by atoms with Crippen LogP contribution in [0, 0.1) is 6.92 Å². The summed E-state index contributed by atoms with van der Waals surface area (Å²) < 4.78 is 5.40. The molecule has 3 rings (SSSR count). The third-order valence-corrected chi connectivity index (χ3v) is 5.15. The molecule has 1 aliphatic heterocycles. The van der Waals surface area contributed by atoms with Gasteiger partial charge in [0.2, 0.25) is 5.91 Å². The third kappa shape index (κ3) is 7.78. The molecular formula is C26H28N4O5. The number of rotatable bonds is 9. The molecule has 2 aromatic rings. The molecule has 0 atom stereocenters. The van der Waals surface area contributed by atoms with Gasteiger partial charge in [-0.05, 0) is 54.0 Å². The molecule has 9 nitrogen and oxygen atoms in total. The number of methoxy groups -OCH3 is 1. The van der Waals surface area contributed by atoms with Crippen LogP contribution in [0.4, 0.5) is 16.2 Å². The molecule has 0 saturated carbocycles. The van der Waals surface area contributed by atoms with Crippen molar-refractivity contribution in [2.24, 2.45) is 0 Å². The molecule has 182 valence electrons. The zero-order valence-corrected chi connectivity index (χ0v) is 19.6. The van der Waals surface area contributed by atoms with Crippen molar-refractivity contribution in [3.63, 3.8) is 0 Å². The molecular weight excluding hydrogens is 448 g/mol. The molecule has 3 amide bonds. The van der Waals surface area contributed by atoms with E-state index < -0.39 is 12.0 Å². The van der Waals surface area contributed by atoms with Crippen molar-refractivity contribution in [2.75, 3.05) is 30.8 Å². The first kappa shape index (κ1) is 25.1. The van der Waals surface area contributed by atoms with Gasteiger partial charge in [0.15, 0.2) is 0 Å². The SMILES string of the molecule is COc1cc(CC(=O)NCC2=CC=CN(CC(=O)O)C=C2)ccc1NC(=O)Nc1ccccc1C. The second kappa shape index (κ2) is 12.1. The molecule has 4 N–H and O–H groups in total. The maximum absolute atomic E-state index is 12.5. The molecule has 0 spiro atoms. The van der Waals surface area contributed by atoms with E-state index in [2.05, 4.69) is 16.0 Å². The maximum Gasteiger partial charge on any atom is 0.323 e. The van der Waals surface area contributed by atoms with Crippen molar-refractivity contribution in [1.82, 2.24) is 10.2 Å². The number of carboxylic acid groups (broad SMARTS) is 1. The summed E-state index contributed by atoms with van der Waals surface area (Å²) in [6, 6.07) is 12.2. The quantitative estimate of drug-likeness (QED) is 0.439. The van der Waals surface area contributed by atoms with Crippen LogP contribution in [0.15, 0.2) is 78.7 Å². The third-order valence-electron chi connectivity index (χ3n) is 5.15. The van der Waals surface area contributed by atoms with Gasteiger partial charge in [-0.1, -0.05) is 30.3 Å². The van der Waals surface area contributed by atoms with Crippen molar-refractivity contribution < 1.29 is 24.2 Å². The highest BCUT2D eigenvalue weighted by molar-refractivity contribution is 6.01. The average Bonchev–Trinajstić information content (AvgIpc) is 3.04. The molecule has 1 aliphatic rings. The predicted molar refractivity (Wildman–Crippen MR) is 134 cm³/mol. The summed E-state index contributed by atoms with van der Waals surface area (Å²) in [6.07, 6.45) is 8.74. The lowest BCUT2D eigenvalue weighted by molar-refractivity contribution is -0.137. The summed E-state index contributed by atoms with van der Waals surface area (Å²) >= 11 is 0. The Bertz CT molecular complexity index is 1190. The molecule has 0 unspecified atom stereocenters. The number of nitrogens with zero attached hydrogens (tertiary/aromatic N) is 1. The van der Waals surface area contributed by atoms with Crippen LogP contribution in [0.1, 0.15) is 11.1 Å². The van der Waals surface area contributed by atoms with Gasteiger partial charge in [0.05, 0.1) is 19.2 Å². The van der Waals surface area contributed by atoms with E-state index in [-0.39, 0.29) is 18.9 Å². The number of benzene rings is 2. The molecule has 1 heterocycles. The maximum atomic E-state index is 12.5. The number of amides is 3. The topological polar surface area (TPSA) is 120 Å². The molecule has 0 radical (unpaired) electrons. The van der Waals surface area contributed by atoms with E-state index in [0.29, 0.717) is 23.7 Å². The zero-order chi connectivity index (χ0) is 25.2. The highest BCUT2D eigenvalue weighted by Gasteiger charge is 2.12. The second-order valence-electron chi connectivity index (χ2n) is 7.85. The number of carbonyl (C=O) groups excluding carboxylic acids is 2. The van der Waals surface area contributed by atoms with Crippen LogP contribution in [0.25, 0.3) is 0 Å². The second-order valence-corrected chi connectivity index (χ2v) is 7.85. The Balaban J connectivity index is 1.54. The van der Waals surface area contributed by atoms with E-state index in [4.69, 9.17) is 9.84 Å². The van der Waals surface area contributed by atoms with Crippen molar-refractivity contribution >= 4 is 29.3 Å². The summed E-state index contributed by atoms with van der Waals surface area (Å²) in [7, 11) is 1.50. The number of urea groups is 1. The number of aliphatic carboxylic acids is 1. The molecule has 0 bridgehead atoms. The lowest BCUT2D eigenvalue weighted by atomic mass is 10.1. The van der Waals surface area contributed by atoms with Crippen LogP contribution < -0.4 is 20.7 Å². The number of allylic oxidation sites excluding steroid dienone is 2. The number of para-hydroxylation sites is 1. The fourth-order valence-corrected chi connectivity index (χ4v) is 3.34. The van der Waals surface area contributed by atoms with Crippen molar-refractivity contribution in [1.29, 1.82) is 0 Å². The molecule has 0 aromatic heterocycles. The summed E-state index contributed by atoms with van der Waals surface area (Å²) in [4.78, 5) is 37.2. The zero-order valence-electron chi connectivity index (χ0n) is 19.6. The van der Waals surface area contributed by atoms with E-state index in [1.807, 2.05) is 37.3 Å². The molecule has 35 heavy (non-hydrogen) atoms. The Labute approximate surface area is 203 Å². The molecule has 9 heteroatoms. The van der Waals surface area contributed by atoms with Crippen LogP contribution >= 0.6 is 0 Å². The van der Waals surface area contributed by atoms with Gasteiger partial charge in [-0.15, -0.1) is 0 Å². The number of carboxylic acids is 1. The minimum absolute atomic E-state index is 0.129. The van der Waals surface area contributed by atoms with Gasteiger partial charge < -0.3 is 30.7 Å². The molecule has 0 aliphatic carbocycles. The molecule has 0 fully saturated rings. The first-order valence-electron chi connectivity index (χ1n) is 10.9. The van der Waals surface area contributed by atoms with Gasteiger partial charge >= 0.3 is 12.0 Å². The number of aryl methyl sites for hydroxylation is 1. The van der Waals surface area contributed by atoms with E-state index in [9.17, 15) is 14.4 Å². The van der Waals surface area contributed by atoms with Gasteiger partial charge in [-0.2, -0.15) is 0 Å². The fraction of sp³-hybridized carbons (Fsp3) is 0.192. The largest absolute Gasteiger partial charge is 0.495 e. The predicted octanol–water partition coefficient (Wildman–Crippen LogP) is 3.66. The lowest BCUT2D eigenvalue weighted by Gasteiger charge is -2.14. The smallest absolute Gasteiger partial charge is 0.323 e. The first-order valence-corrected chi connectivity index (χ1v) is 10.9. The van der Waals surface area contributed by atoms with E-state index in [1.54, 1.807) is 42.8 Å². The summed E-state index contributed by atoms with van der Waals surface area (Å²) in [5.41, 5.74) is 3.69. The standard InChI is InChI=1S/C26H28N4O5/c1-18-6-3-4-8-21(18)28-26(34)29-22-10-9-20(14-23(22)35-2)15-24(31)27-16-19-7-5-12-30(13-11-19)17-25(32)33/h3-14H,15-17H2,1-2H3,(H,27,31)(H,32,33)(H2,28,29,34). The Hall–Kier alpha value is -4.53. The number of anilines is 2. The monoisotopic (exact) mass is 476 g/mol. The minimum Gasteiger partial charge on any atom is -0.495 e. The van der Waals surface area contributed by atoms with Gasteiger partial charge in [-0.25, -0.2) is 4.79 Å². The van der Waals surface area contributed by atoms with Crippen LogP contribution in [-0.2, 0) is 16.0 Å². The Morgan fingerprint density at radius 1 is 1.03 bits per heavy atom. The van der Waals surface area contributed by atoms with Gasteiger partial charge in [0, 0.05) is 24.6 Å². The Morgan fingerprint density at radius 2 is 1.80 bits per heavy atom. The number of nitrogens with one attached hydrogen (secondary N) is 3. The van der Waals surface area contributed by atoms with Crippen molar-refractivity contribution in [3.8, 4) is 5.75 Å². The van der Waals surface area contributed by atoms with E-state index >= 15 is 0 Å². The van der Waals surface area contributed by atoms with Crippen molar-refractivity contribution in [3.05, 3.63) is 89.8 Å². The Morgan fingerprint density at radius 3 is 2.54 bits per heavy atom. The van der Waals surface area contributed by atoms with E-state index in [0.717, 1.165) is 16.7 Å². The fourth-order valence-electron chi connectivity index (χ4n) is 3.34. The number of hydrogen-bond acceptors (Lipinski definition) is 5. The van der Waals surface area contributed by atoms with Crippen LogP contribution in [0.2, 0.25) is 0 Å². The highest BCUT2D eigenvalue weighted by atomic mass is 16.5. The van der Waals surface area contributed by atoms with Crippen LogP contribution in [-0.4, -0.2) is 48.1 Å².